The zero-order valence-electron chi connectivity index (χ0n) is 7.25. The van der Waals surface area contributed by atoms with Crippen molar-refractivity contribution < 1.29 is 18.4 Å². The number of carbonyl (C=O) groups excluding carboxylic acids is 1. The van der Waals surface area contributed by atoms with Gasteiger partial charge in [-0.15, -0.1) is 0 Å². The summed E-state index contributed by atoms with van der Waals surface area (Å²) in [6, 6.07) is 0. The standard InChI is InChI=1S/C8H8O5/c1-4(7(9)11-3)6-5(2)12-8(10)13-6/h1H2,2-3H3. The molecule has 1 heterocycles. The van der Waals surface area contributed by atoms with Crippen LogP contribution in [0.25, 0.3) is 5.57 Å². The maximum absolute atomic E-state index is 10.9. The molecule has 5 heteroatoms. The summed E-state index contributed by atoms with van der Waals surface area (Å²) in [6.07, 6.45) is 0. The number of methoxy groups -OCH3 is 1. The quantitative estimate of drug-likeness (QED) is 0.500. The molecule has 0 bridgehead atoms. The lowest BCUT2D eigenvalue weighted by Gasteiger charge is -1.97. The van der Waals surface area contributed by atoms with Gasteiger partial charge in [0.05, 0.1) is 12.7 Å². The van der Waals surface area contributed by atoms with Crippen molar-refractivity contribution in [1.82, 2.24) is 0 Å². The molecule has 1 aromatic rings. The van der Waals surface area contributed by atoms with Gasteiger partial charge in [0, 0.05) is 0 Å². The summed E-state index contributed by atoms with van der Waals surface area (Å²) >= 11 is 0. The molecule has 0 saturated carbocycles. The van der Waals surface area contributed by atoms with Crippen LogP contribution in [0.3, 0.4) is 0 Å². The highest BCUT2D eigenvalue weighted by molar-refractivity contribution is 6.14. The van der Waals surface area contributed by atoms with Gasteiger partial charge in [-0.3, -0.25) is 0 Å². The largest absolute Gasteiger partial charge is 0.519 e. The van der Waals surface area contributed by atoms with E-state index in [1.807, 2.05) is 0 Å². The third kappa shape index (κ3) is 1.69. The van der Waals surface area contributed by atoms with E-state index in [4.69, 9.17) is 0 Å². The van der Waals surface area contributed by atoms with Crippen molar-refractivity contribution in [3.8, 4) is 0 Å². The van der Waals surface area contributed by atoms with Crippen LogP contribution < -0.4 is 5.82 Å². The Kier molecular flexibility index (Phi) is 2.36. The van der Waals surface area contributed by atoms with Crippen LogP contribution in [0.2, 0.25) is 0 Å². The molecule has 0 fully saturated rings. The fraction of sp³-hybridized carbons (Fsp3) is 0.250. The molecule has 70 valence electrons. The van der Waals surface area contributed by atoms with Crippen LogP contribution in [-0.4, -0.2) is 13.1 Å². The average molecular weight is 184 g/mol. The molecule has 0 amide bonds. The molecule has 0 N–H and O–H groups in total. The van der Waals surface area contributed by atoms with E-state index < -0.39 is 11.8 Å². The fourth-order valence-corrected chi connectivity index (χ4v) is 0.837. The Labute approximate surface area is 73.6 Å². The molecule has 0 aliphatic rings. The van der Waals surface area contributed by atoms with E-state index in [-0.39, 0.29) is 17.1 Å². The second kappa shape index (κ2) is 3.30. The molecule has 0 radical (unpaired) electrons. The Bertz CT molecular complexity index is 395. The number of aryl methyl sites for hydroxylation is 1. The van der Waals surface area contributed by atoms with Crippen LogP contribution in [0.5, 0.6) is 0 Å². The van der Waals surface area contributed by atoms with Gasteiger partial charge in [-0.2, -0.15) is 0 Å². The van der Waals surface area contributed by atoms with Gasteiger partial charge >= 0.3 is 11.8 Å². The molecule has 0 aliphatic carbocycles. The summed E-state index contributed by atoms with van der Waals surface area (Å²) in [6.45, 7) is 4.90. The molecule has 13 heavy (non-hydrogen) atoms. The molecule has 0 atom stereocenters. The number of hydrogen-bond acceptors (Lipinski definition) is 5. The lowest BCUT2D eigenvalue weighted by Crippen LogP contribution is -2.02. The Balaban J connectivity index is 3.08. The number of ether oxygens (including phenoxy) is 1. The Hall–Kier alpha value is -1.78. The van der Waals surface area contributed by atoms with Gasteiger partial charge in [0.1, 0.15) is 0 Å². The van der Waals surface area contributed by atoms with E-state index in [0.29, 0.717) is 0 Å². The summed E-state index contributed by atoms with van der Waals surface area (Å²) in [5, 5.41) is 0. The maximum Gasteiger partial charge on any atom is 0.519 e. The Morgan fingerprint density at radius 2 is 2.08 bits per heavy atom. The molecular formula is C8H8O5. The molecule has 0 unspecified atom stereocenters. The van der Waals surface area contributed by atoms with Crippen LogP contribution in [0.15, 0.2) is 20.2 Å². The van der Waals surface area contributed by atoms with E-state index in [2.05, 4.69) is 20.2 Å². The minimum atomic E-state index is -0.863. The fourth-order valence-electron chi connectivity index (χ4n) is 0.837. The number of rotatable bonds is 2. The van der Waals surface area contributed by atoms with Gasteiger partial charge in [-0.05, 0) is 6.92 Å². The topological polar surface area (TPSA) is 69.7 Å². The smallest absolute Gasteiger partial charge is 0.465 e. The number of hydrogen-bond donors (Lipinski definition) is 0. The van der Waals surface area contributed by atoms with Crippen molar-refractivity contribution in [1.29, 1.82) is 0 Å². The van der Waals surface area contributed by atoms with Crippen LogP contribution in [0.1, 0.15) is 11.5 Å². The molecule has 0 aliphatic heterocycles. The summed E-state index contributed by atoms with van der Waals surface area (Å²) in [5.74, 6) is -1.29. The van der Waals surface area contributed by atoms with Crippen LogP contribution in [0, 0.1) is 6.92 Å². The van der Waals surface area contributed by atoms with Crippen molar-refractivity contribution in [2.45, 2.75) is 6.92 Å². The third-order valence-electron chi connectivity index (χ3n) is 1.45. The first-order valence-corrected chi connectivity index (χ1v) is 3.44. The van der Waals surface area contributed by atoms with Gasteiger partial charge in [0.25, 0.3) is 0 Å². The lowest BCUT2D eigenvalue weighted by molar-refractivity contribution is -0.133. The highest BCUT2D eigenvalue weighted by Gasteiger charge is 2.18. The normalized spacial score (nSPS) is 9.69. The van der Waals surface area contributed by atoms with Crippen molar-refractivity contribution in [3.05, 3.63) is 28.7 Å². The van der Waals surface area contributed by atoms with Crippen molar-refractivity contribution in [3.63, 3.8) is 0 Å². The van der Waals surface area contributed by atoms with Crippen molar-refractivity contribution >= 4 is 11.5 Å². The summed E-state index contributed by atoms with van der Waals surface area (Å²) in [5.41, 5.74) is -0.0362. The average Bonchev–Trinajstić information content (AvgIpc) is 2.42. The van der Waals surface area contributed by atoms with E-state index in [1.165, 1.54) is 14.0 Å². The second-order valence-electron chi connectivity index (χ2n) is 2.31. The van der Waals surface area contributed by atoms with E-state index in [9.17, 15) is 9.59 Å². The highest BCUT2D eigenvalue weighted by Crippen LogP contribution is 2.16. The lowest BCUT2D eigenvalue weighted by atomic mass is 10.2. The second-order valence-corrected chi connectivity index (χ2v) is 2.31. The molecule has 1 rings (SSSR count). The van der Waals surface area contributed by atoms with E-state index in [0.717, 1.165) is 0 Å². The first kappa shape index (κ1) is 9.31. The van der Waals surface area contributed by atoms with Crippen LogP contribution in [-0.2, 0) is 9.53 Å². The van der Waals surface area contributed by atoms with Gasteiger partial charge in [0.15, 0.2) is 11.5 Å². The van der Waals surface area contributed by atoms with Crippen LogP contribution in [0.4, 0.5) is 0 Å². The zero-order chi connectivity index (χ0) is 10.0. The van der Waals surface area contributed by atoms with Gasteiger partial charge in [0.2, 0.25) is 0 Å². The molecular weight excluding hydrogens is 176 g/mol. The third-order valence-corrected chi connectivity index (χ3v) is 1.45. The zero-order valence-corrected chi connectivity index (χ0v) is 7.25. The predicted octanol–water partition coefficient (Wildman–Crippen LogP) is 0.727. The Morgan fingerprint density at radius 1 is 1.46 bits per heavy atom. The number of carbonyl (C=O) groups is 1. The Morgan fingerprint density at radius 3 is 2.46 bits per heavy atom. The van der Waals surface area contributed by atoms with Gasteiger partial charge in [-0.1, -0.05) is 6.58 Å². The molecule has 5 nitrogen and oxygen atoms in total. The predicted molar refractivity (Wildman–Crippen MR) is 43.0 cm³/mol. The summed E-state index contributed by atoms with van der Waals surface area (Å²) < 4.78 is 13.5. The molecule has 0 spiro atoms. The molecule has 0 saturated heterocycles. The SMILES string of the molecule is C=C(C(=O)OC)c1oc(=O)oc1C. The highest BCUT2D eigenvalue weighted by atomic mass is 16.6. The summed E-state index contributed by atoms with van der Waals surface area (Å²) in [7, 11) is 1.21. The molecule has 1 aromatic heterocycles. The minimum Gasteiger partial charge on any atom is -0.465 e. The van der Waals surface area contributed by atoms with Crippen molar-refractivity contribution in [2.75, 3.05) is 7.11 Å². The number of esters is 1. The van der Waals surface area contributed by atoms with Gasteiger partial charge < -0.3 is 13.6 Å². The van der Waals surface area contributed by atoms with E-state index in [1.54, 1.807) is 0 Å². The first-order chi connectivity index (χ1) is 6.06. The minimum absolute atomic E-state index is 0.0249. The maximum atomic E-state index is 10.9. The van der Waals surface area contributed by atoms with E-state index >= 15 is 0 Å². The molecule has 0 aromatic carbocycles. The van der Waals surface area contributed by atoms with Crippen molar-refractivity contribution in [2.24, 2.45) is 0 Å². The van der Waals surface area contributed by atoms with Gasteiger partial charge in [-0.25, -0.2) is 9.59 Å². The van der Waals surface area contributed by atoms with Crippen LogP contribution >= 0.6 is 0 Å². The summed E-state index contributed by atoms with van der Waals surface area (Å²) in [4.78, 5) is 21.5. The first-order valence-electron chi connectivity index (χ1n) is 3.44. The monoisotopic (exact) mass is 184 g/mol.